The van der Waals surface area contributed by atoms with Gasteiger partial charge in [0.05, 0.1) is 0 Å². The summed E-state index contributed by atoms with van der Waals surface area (Å²) in [6, 6.07) is 0. The zero-order valence-electron chi connectivity index (χ0n) is 14.4. The first-order valence-electron chi connectivity index (χ1n) is 8.49. The molecule has 0 amide bonds. The van der Waals surface area contributed by atoms with Gasteiger partial charge in [0.2, 0.25) is 0 Å². The van der Waals surface area contributed by atoms with Gasteiger partial charge in [-0.05, 0) is 36.2 Å². The van der Waals surface area contributed by atoms with E-state index in [-0.39, 0.29) is 10.1 Å². The van der Waals surface area contributed by atoms with Crippen molar-refractivity contribution in [3.63, 3.8) is 0 Å². The van der Waals surface area contributed by atoms with Crippen molar-refractivity contribution >= 4 is 28.0 Å². The molecule has 0 bridgehead atoms. The van der Waals surface area contributed by atoms with Crippen LogP contribution in [-0.2, 0) is 10.1 Å². The second-order valence-electron chi connectivity index (χ2n) is 6.87. The molecule has 0 aromatic carbocycles. The van der Waals surface area contributed by atoms with E-state index in [4.69, 9.17) is 0 Å². The van der Waals surface area contributed by atoms with Crippen LogP contribution in [0, 0.1) is 11.8 Å². The molecule has 0 saturated carbocycles. The standard InChI is InChI=1S/C16H37O2PS2/c1-15(2)11-7-5-9-13-21(19(17,18)20)14-10-6-8-12-16(3)4/h15-18,20H,5-14H2,1-4H3. The molecule has 2 N–H and O–H groups in total. The Kier molecular flexibility index (Phi) is 13.1. The van der Waals surface area contributed by atoms with Gasteiger partial charge in [-0.2, -0.15) is 0 Å². The molecule has 5 heteroatoms. The van der Waals surface area contributed by atoms with E-state index < -0.39 is 5.69 Å². The summed E-state index contributed by atoms with van der Waals surface area (Å²) in [6.45, 7) is 9.03. The molecule has 0 aliphatic heterocycles. The third-order valence-electron chi connectivity index (χ3n) is 3.67. The molecule has 0 unspecified atom stereocenters. The maximum absolute atomic E-state index is 9.91. The molecule has 0 heterocycles. The average molecular weight is 357 g/mol. The van der Waals surface area contributed by atoms with Crippen LogP contribution in [0.25, 0.3) is 0 Å². The van der Waals surface area contributed by atoms with Crippen molar-refractivity contribution in [1.29, 1.82) is 0 Å². The molecule has 0 atom stereocenters. The normalized spacial score (nSPS) is 12.9. The lowest BCUT2D eigenvalue weighted by Gasteiger charge is -2.16. The maximum Gasteiger partial charge on any atom is 0.198 e. The van der Waals surface area contributed by atoms with E-state index in [2.05, 4.69) is 39.9 Å². The summed E-state index contributed by atoms with van der Waals surface area (Å²) in [5.41, 5.74) is -2.94. The maximum atomic E-state index is 9.91. The van der Waals surface area contributed by atoms with Gasteiger partial charge in [-0.25, -0.2) is 0 Å². The van der Waals surface area contributed by atoms with Crippen molar-refractivity contribution < 1.29 is 9.79 Å². The minimum Gasteiger partial charge on any atom is -0.341 e. The fourth-order valence-electron chi connectivity index (χ4n) is 2.34. The van der Waals surface area contributed by atoms with Crippen molar-refractivity contribution in [2.45, 2.75) is 79.1 Å². The summed E-state index contributed by atoms with van der Waals surface area (Å²) >= 11 is 4.10. The smallest absolute Gasteiger partial charge is 0.198 e. The molecule has 0 fully saturated rings. The van der Waals surface area contributed by atoms with E-state index in [0.717, 1.165) is 36.2 Å². The zero-order valence-corrected chi connectivity index (χ0v) is 17.0. The van der Waals surface area contributed by atoms with Gasteiger partial charge in [0.15, 0.2) is 5.69 Å². The molecule has 130 valence electrons. The highest BCUT2D eigenvalue weighted by molar-refractivity contribution is 8.65. The topological polar surface area (TPSA) is 40.5 Å². The number of unbranched alkanes of at least 4 members (excludes halogenated alkanes) is 4. The van der Waals surface area contributed by atoms with E-state index >= 15 is 0 Å². The Morgan fingerprint density at radius 1 is 0.762 bits per heavy atom. The van der Waals surface area contributed by atoms with Crippen molar-refractivity contribution in [1.82, 2.24) is 0 Å². The minimum absolute atomic E-state index is 0.284. The van der Waals surface area contributed by atoms with Crippen LogP contribution >= 0.6 is 17.9 Å². The zero-order chi connectivity index (χ0) is 16.3. The average Bonchev–Trinajstić information content (AvgIpc) is 2.33. The van der Waals surface area contributed by atoms with E-state index in [1.54, 1.807) is 0 Å². The summed E-state index contributed by atoms with van der Waals surface area (Å²) in [7, 11) is -0.284. The van der Waals surface area contributed by atoms with Gasteiger partial charge in [-0.3, -0.25) is 0 Å². The van der Waals surface area contributed by atoms with Crippen LogP contribution in [0.3, 0.4) is 0 Å². The van der Waals surface area contributed by atoms with E-state index in [0.29, 0.717) is 0 Å². The van der Waals surface area contributed by atoms with Crippen LogP contribution in [0.4, 0.5) is 0 Å². The molecule has 0 spiro atoms. The highest BCUT2D eigenvalue weighted by atomic mass is 32.9. The Balaban J connectivity index is 3.97. The van der Waals surface area contributed by atoms with Gasteiger partial charge < -0.3 is 9.79 Å². The summed E-state index contributed by atoms with van der Waals surface area (Å²) in [6.07, 6.45) is 9.74. The second-order valence-corrected chi connectivity index (χ2v) is 15.2. The summed E-state index contributed by atoms with van der Waals surface area (Å²) in [4.78, 5) is 19.8. The Morgan fingerprint density at radius 3 is 1.43 bits per heavy atom. The van der Waals surface area contributed by atoms with Crippen LogP contribution in [0.1, 0.15) is 79.1 Å². The fourth-order valence-corrected chi connectivity index (χ4v) is 7.83. The molecule has 0 aromatic rings. The van der Waals surface area contributed by atoms with Crippen molar-refractivity contribution in [2.24, 2.45) is 11.8 Å². The highest BCUT2D eigenvalue weighted by Gasteiger charge is 2.11. The van der Waals surface area contributed by atoms with Crippen LogP contribution < -0.4 is 0 Å². The van der Waals surface area contributed by atoms with Crippen molar-refractivity contribution in [2.75, 3.05) is 11.5 Å². The van der Waals surface area contributed by atoms with Crippen LogP contribution in [-0.4, -0.2) is 21.3 Å². The van der Waals surface area contributed by atoms with Crippen LogP contribution in [0.2, 0.25) is 0 Å². The highest BCUT2D eigenvalue weighted by Crippen LogP contribution is 2.47. The SMILES string of the molecule is CC(C)CCCCCS(CCCCCC(C)C)=P(O)(O)S. The lowest BCUT2D eigenvalue weighted by Crippen LogP contribution is -2.05. The van der Waals surface area contributed by atoms with Crippen molar-refractivity contribution in [3.05, 3.63) is 0 Å². The monoisotopic (exact) mass is 356 g/mol. The molecule has 0 rings (SSSR count). The molecule has 0 radical (unpaired) electrons. The van der Waals surface area contributed by atoms with E-state index in [1.165, 1.54) is 38.5 Å². The Bertz CT molecular complexity index is 283. The molecule has 0 saturated heterocycles. The lowest BCUT2D eigenvalue weighted by atomic mass is 10.1. The quantitative estimate of drug-likeness (QED) is 0.241. The molecular weight excluding hydrogens is 319 g/mol. The molecule has 2 nitrogen and oxygen atoms in total. The molecule has 0 aliphatic carbocycles. The first-order chi connectivity index (χ1) is 9.73. The van der Waals surface area contributed by atoms with Gasteiger partial charge in [-0.1, -0.05) is 78.5 Å². The largest absolute Gasteiger partial charge is 0.341 e. The number of hydrogen-bond donors (Lipinski definition) is 3. The van der Waals surface area contributed by atoms with Crippen molar-refractivity contribution in [3.8, 4) is 0 Å². The molecular formula is C16H37O2PS2. The van der Waals surface area contributed by atoms with Gasteiger partial charge >= 0.3 is 0 Å². The molecule has 0 aromatic heterocycles. The number of rotatable bonds is 12. The van der Waals surface area contributed by atoms with Crippen LogP contribution in [0.15, 0.2) is 0 Å². The first kappa shape index (κ1) is 22.1. The summed E-state index contributed by atoms with van der Waals surface area (Å²) < 4.78 is 0. The number of hydrogen-bond acceptors (Lipinski definition) is 0. The Morgan fingerprint density at radius 2 is 1.14 bits per heavy atom. The molecule has 21 heavy (non-hydrogen) atoms. The number of thiol groups is 1. The van der Waals surface area contributed by atoms with Gasteiger partial charge in [0.1, 0.15) is 0 Å². The summed E-state index contributed by atoms with van der Waals surface area (Å²) in [5, 5.41) is 0. The Hall–Kier alpha value is 1.05. The first-order valence-corrected chi connectivity index (χ1v) is 13.5. The van der Waals surface area contributed by atoms with Gasteiger partial charge in [-0.15, -0.1) is 10.1 Å². The second kappa shape index (κ2) is 12.5. The fraction of sp³-hybridized carbons (Fsp3) is 1.00. The van der Waals surface area contributed by atoms with E-state index in [9.17, 15) is 9.79 Å². The van der Waals surface area contributed by atoms with Crippen LogP contribution in [0.5, 0.6) is 0 Å². The Labute approximate surface area is 140 Å². The lowest BCUT2D eigenvalue weighted by molar-refractivity contribution is 0.501. The minimum atomic E-state index is -2.94. The third-order valence-corrected chi connectivity index (χ3v) is 11.1. The van der Waals surface area contributed by atoms with E-state index in [1.807, 2.05) is 0 Å². The predicted octanol–water partition coefficient (Wildman–Crippen LogP) is 5.63. The third kappa shape index (κ3) is 14.4. The van der Waals surface area contributed by atoms with Gasteiger partial charge in [0, 0.05) is 0 Å². The molecule has 0 aliphatic rings. The predicted molar refractivity (Wildman–Crippen MR) is 104 cm³/mol. The summed E-state index contributed by atoms with van der Waals surface area (Å²) in [5.74, 6) is 3.45. The van der Waals surface area contributed by atoms with Gasteiger partial charge in [0.25, 0.3) is 0 Å².